The number of hydrogen-bond acceptors (Lipinski definition) is 6. The van der Waals surface area contributed by atoms with Crippen molar-refractivity contribution in [3.63, 3.8) is 0 Å². The van der Waals surface area contributed by atoms with E-state index in [1.165, 1.54) is 12.1 Å². The Morgan fingerprint density at radius 2 is 1.80 bits per heavy atom. The quantitative estimate of drug-likeness (QED) is 0.404. The van der Waals surface area contributed by atoms with Gasteiger partial charge in [0, 0.05) is 11.1 Å². The summed E-state index contributed by atoms with van der Waals surface area (Å²) in [6.07, 6.45) is 0. The molecule has 25 heavy (non-hydrogen) atoms. The highest BCUT2D eigenvalue weighted by Gasteiger charge is 2.08. The van der Waals surface area contributed by atoms with E-state index in [4.69, 9.17) is 9.88 Å². The Balaban J connectivity index is 1.61. The first-order chi connectivity index (χ1) is 11.9. The van der Waals surface area contributed by atoms with Crippen molar-refractivity contribution < 1.29 is 13.2 Å². The minimum atomic E-state index is -3.68. The van der Waals surface area contributed by atoms with E-state index in [1.807, 2.05) is 31.2 Å². The fraction of sp³-hybridized carbons (Fsp3) is 0.176. The van der Waals surface area contributed by atoms with Crippen molar-refractivity contribution in [1.29, 1.82) is 0 Å². The third kappa shape index (κ3) is 4.47. The van der Waals surface area contributed by atoms with E-state index in [1.54, 1.807) is 23.9 Å². The molecule has 0 aliphatic carbocycles. The highest BCUT2D eigenvalue weighted by Crippen LogP contribution is 2.25. The number of aromatic nitrogens is 2. The van der Waals surface area contributed by atoms with E-state index in [2.05, 4.69) is 9.97 Å². The van der Waals surface area contributed by atoms with Crippen LogP contribution in [0.15, 0.2) is 58.5 Å². The molecule has 3 aromatic rings. The van der Waals surface area contributed by atoms with Crippen LogP contribution in [0.5, 0.6) is 5.75 Å². The average Bonchev–Trinajstić information content (AvgIpc) is 2.58. The maximum Gasteiger partial charge on any atom is 0.238 e. The van der Waals surface area contributed by atoms with Gasteiger partial charge >= 0.3 is 0 Å². The Morgan fingerprint density at radius 3 is 2.52 bits per heavy atom. The molecule has 0 unspecified atom stereocenters. The molecular weight excluding hydrogens is 358 g/mol. The van der Waals surface area contributed by atoms with Gasteiger partial charge in [0.25, 0.3) is 0 Å². The standard InChI is InChI=1S/C17H17N3O3S2/c1-12-19-16-5-3-2-4-15(16)17(20-12)24-11-10-23-13-6-8-14(9-7-13)25(18,21)22/h2-9H,10-11H2,1H3,(H2,18,21,22). The molecule has 6 nitrogen and oxygen atoms in total. The highest BCUT2D eigenvalue weighted by atomic mass is 32.2. The van der Waals surface area contributed by atoms with Gasteiger partial charge in [0.15, 0.2) is 0 Å². The first-order valence-electron chi connectivity index (χ1n) is 7.55. The van der Waals surface area contributed by atoms with Crippen molar-refractivity contribution in [2.75, 3.05) is 12.4 Å². The second kappa shape index (κ2) is 7.38. The zero-order chi connectivity index (χ0) is 17.9. The number of ether oxygens (including phenoxy) is 1. The van der Waals surface area contributed by atoms with Crippen molar-refractivity contribution in [1.82, 2.24) is 9.97 Å². The lowest BCUT2D eigenvalue weighted by Gasteiger charge is -2.08. The number of hydrogen-bond donors (Lipinski definition) is 1. The predicted molar refractivity (Wildman–Crippen MR) is 98.3 cm³/mol. The minimum Gasteiger partial charge on any atom is -0.493 e. The third-order valence-electron chi connectivity index (χ3n) is 3.42. The van der Waals surface area contributed by atoms with E-state index >= 15 is 0 Å². The third-order valence-corrected chi connectivity index (χ3v) is 5.31. The normalized spacial score (nSPS) is 11.6. The van der Waals surface area contributed by atoms with Gasteiger partial charge in [-0.15, -0.1) is 11.8 Å². The second-order valence-electron chi connectivity index (χ2n) is 5.31. The van der Waals surface area contributed by atoms with Crippen LogP contribution in [-0.4, -0.2) is 30.7 Å². The molecule has 0 aliphatic rings. The Labute approximate surface area is 150 Å². The molecule has 0 radical (unpaired) electrons. The summed E-state index contributed by atoms with van der Waals surface area (Å²) in [6, 6.07) is 13.9. The van der Waals surface area contributed by atoms with Gasteiger partial charge in [0.1, 0.15) is 16.6 Å². The molecule has 0 atom stereocenters. The SMILES string of the molecule is Cc1nc(SCCOc2ccc(S(N)(=O)=O)cc2)c2ccccc2n1. The van der Waals surface area contributed by atoms with Gasteiger partial charge in [0.2, 0.25) is 10.0 Å². The summed E-state index contributed by atoms with van der Waals surface area (Å²) in [5.74, 6) is 2.04. The Kier molecular flexibility index (Phi) is 5.22. The molecule has 2 aromatic carbocycles. The lowest BCUT2D eigenvalue weighted by atomic mass is 10.2. The van der Waals surface area contributed by atoms with Gasteiger partial charge in [-0.2, -0.15) is 0 Å². The number of fused-ring (bicyclic) bond motifs is 1. The zero-order valence-corrected chi connectivity index (χ0v) is 15.2. The molecule has 130 valence electrons. The molecule has 0 fully saturated rings. The molecule has 8 heteroatoms. The van der Waals surface area contributed by atoms with Gasteiger partial charge in [-0.25, -0.2) is 23.5 Å². The Hall–Kier alpha value is -2.16. The van der Waals surface area contributed by atoms with Crippen LogP contribution in [0.3, 0.4) is 0 Å². The van der Waals surface area contributed by atoms with Gasteiger partial charge in [-0.05, 0) is 37.3 Å². The topological polar surface area (TPSA) is 95.2 Å². The molecule has 0 saturated carbocycles. The number of sulfonamides is 1. The van der Waals surface area contributed by atoms with Crippen molar-refractivity contribution in [2.45, 2.75) is 16.8 Å². The average molecular weight is 375 g/mol. The number of nitrogens with two attached hydrogens (primary N) is 1. The summed E-state index contributed by atoms with van der Waals surface area (Å²) < 4.78 is 28.1. The smallest absolute Gasteiger partial charge is 0.238 e. The van der Waals surface area contributed by atoms with Crippen molar-refractivity contribution >= 4 is 32.7 Å². The number of para-hydroxylation sites is 1. The van der Waals surface area contributed by atoms with Crippen LogP contribution in [-0.2, 0) is 10.0 Å². The van der Waals surface area contributed by atoms with Gasteiger partial charge in [0.05, 0.1) is 17.0 Å². The molecule has 0 aliphatic heterocycles. The van der Waals surface area contributed by atoms with Crippen LogP contribution in [0.1, 0.15) is 5.82 Å². The van der Waals surface area contributed by atoms with Gasteiger partial charge < -0.3 is 4.74 Å². The molecule has 1 aromatic heterocycles. The molecule has 1 heterocycles. The Bertz CT molecular complexity index is 990. The summed E-state index contributed by atoms with van der Waals surface area (Å²) in [4.78, 5) is 8.99. The fourth-order valence-electron chi connectivity index (χ4n) is 2.29. The summed E-state index contributed by atoms with van der Waals surface area (Å²) in [6.45, 7) is 2.34. The van der Waals surface area contributed by atoms with Crippen molar-refractivity contribution in [3.8, 4) is 5.75 Å². The summed E-state index contributed by atoms with van der Waals surface area (Å²) in [5, 5.41) is 7.02. The lowest BCUT2D eigenvalue weighted by molar-refractivity contribution is 0.343. The monoisotopic (exact) mass is 375 g/mol. The maximum absolute atomic E-state index is 11.2. The van der Waals surface area contributed by atoms with Crippen LogP contribution in [0.4, 0.5) is 0 Å². The summed E-state index contributed by atoms with van der Waals surface area (Å²) in [7, 11) is -3.68. The van der Waals surface area contributed by atoms with Gasteiger partial charge in [-0.1, -0.05) is 18.2 Å². The molecule has 0 saturated heterocycles. The van der Waals surface area contributed by atoms with Crippen LogP contribution < -0.4 is 9.88 Å². The molecule has 0 amide bonds. The second-order valence-corrected chi connectivity index (χ2v) is 7.95. The number of aryl methyl sites for hydroxylation is 1. The van der Waals surface area contributed by atoms with Gasteiger partial charge in [-0.3, -0.25) is 0 Å². The Morgan fingerprint density at radius 1 is 1.08 bits per heavy atom. The zero-order valence-electron chi connectivity index (χ0n) is 13.5. The molecule has 0 spiro atoms. The minimum absolute atomic E-state index is 0.0668. The first kappa shape index (κ1) is 17.7. The summed E-state index contributed by atoms with van der Waals surface area (Å²) >= 11 is 1.60. The lowest BCUT2D eigenvalue weighted by Crippen LogP contribution is -2.11. The van der Waals surface area contributed by atoms with E-state index in [-0.39, 0.29) is 4.90 Å². The van der Waals surface area contributed by atoms with Crippen LogP contribution in [0, 0.1) is 6.92 Å². The number of nitrogens with zero attached hydrogens (tertiary/aromatic N) is 2. The molecule has 2 N–H and O–H groups in total. The number of thioether (sulfide) groups is 1. The van der Waals surface area contributed by atoms with E-state index in [0.717, 1.165) is 21.8 Å². The number of rotatable bonds is 6. The molecule has 3 rings (SSSR count). The van der Waals surface area contributed by atoms with Crippen LogP contribution in [0.25, 0.3) is 10.9 Å². The van der Waals surface area contributed by atoms with Crippen LogP contribution >= 0.6 is 11.8 Å². The number of primary sulfonamides is 1. The fourth-order valence-corrected chi connectivity index (χ4v) is 3.69. The van der Waals surface area contributed by atoms with E-state index < -0.39 is 10.0 Å². The van der Waals surface area contributed by atoms with Crippen LogP contribution in [0.2, 0.25) is 0 Å². The van der Waals surface area contributed by atoms with Crippen molar-refractivity contribution in [3.05, 3.63) is 54.4 Å². The molecular formula is C17H17N3O3S2. The molecule has 0 bridgehead atoms. The van der Waals surface area contributed by atoms with Crippen molar-refractivity contribution in [2.24, 2.45) is 5.14 Å². The maximum atomic E-state index is 11.2. The predicted octanol–water partition coefficient (Wildman–Crippen LogP) is 2.76. The van der Waals surface area contributed by atoms with E-state index in [9.17, 15) is 8.42 Å². The first-order valence-corrected chi connectivity index (χ1v) is 10.1. The van der Waals surface area contributed by atoms with E-state index in [0.29, 0.717) is 18.1 Å². The highest BCUT2D eigenvalue weighted by molar-refractivity contribution is 7.99. The summed E-state index contributed by atoms with van der Waals surface area (Å²) in [5.41, 5.74) is 0.928. The largest absolute Gasteiger partial charge is 0.493 e. The number of benzene rings is 2.